The maximum Gasteiger partial charge on any atom is 0.244 e. The molecule has 142 valence electrons. The number of nitrogens with one attached hydrogen (secondary N) is 1. The largest absolute Gasteiger partial charge is 0.494 e. The number of hydrogen-bond donors (Lipinski definition) is 2. The molecule has 1 unspecified atom stereocenters. The van der Waals surface area contributed by atoms with Gasteiger partial charge in [-0.2, -0.15) is 0 Å². The Morgan fingerprint density at radius 2 is 1.67 bits per heavy atom. The third kappa shape index (κ3) is 6.26. The predicted molar refractivity (Wildman–Crippen MR) is 102 cm³/mol. The lowest BCUT2D eigenvalue weighted by Crippen LogP contribution is -2.37. The first kappa shape index (κ1) is 20.2. The molecular weight excluding hydrogens is 344 g/mol. The topological polar surface area (TPSA) is 98.5 Å². The number of hydrogen-bond acceptors (Lipinski definition) is 4. The predicted octanol–water partition coefficient (Wildman–Crippen LogP) is 2.78. The molecule has 0 aliphatic heterocycles. The maximum absolute atomic E-state index is 12.3. The summed E-state index contributed by atoms with van der Waals surface area (Å²) in [5.74, 6) is -0.497. The van der Waals surface area contributed by atoms with Crippen molar-refractivity contribution in [3.63, 3.8) is 0 Å². The van der Waals surface area contributed by atoms with E-state index in [-0.39, 0.29) is 18.6 Å². The molecule has 2 aromatic carbocycles. The highest BCUT2D eigenvalue weighted by Crippen LogP contribution is 2.15. The van der Waals surface area contributed by atoms with E-state index in [1.54, 1.807) is 54.6 Å². The van der Waals surface area contributed by atoms with E-state index in [9.17, 15) is 14.4 Å². The summed E-state index contributed by atoms with van der Waals surface area (Å²) in [6.45, 7) is 2.64. The number of rotatable bonds is 10. The number of Topliss-reactive ketones (excluding diaryl/α,β-unsaturated/α-hetero) is 1. The standard InChI is InChI=1S/C21H24N2O4/c1-2-14-27-17-10-8-15(9-11-17)18(24)12-13-19(25)23-20(21(22)26)16-6-4-3-5-7-16/h3-11,20H,2,12-14H2,1H3,(H2,22,26)(H,23,25). The second-order valence-electron chi connectivity index (χ2n) is 6.11. The first-order chi connectivity index (χ1) is 13.0. The molecule has 0 radical (unpaired) electrons. The summed E-state index contributed by atoms with van der Waals surface area (Å²) in [5, 5.41) is 2.59. The van der Waals surface area contributed by atoms with Crippen LogP contribution in [0.25, 0.3) is 0 Å². The number of carbonyl (C=O) groups is 3. The van der Waals surface area contributed by atoms with Crippen molar-refractivity contribution in [2.24, 2.45) is 5.73 Å². The van der Waals surface area contributed by atoms with Gasteiger partial charge in [0.05, 0.1) is 6.61 Å². The third-order valence-corrected chi connectivity index (χ3v) is 3.95. The molecule has 6 heteroatoms. The van der Waals surface area contributed by atoms with Gasteiger partial charge in [0, 0.05) is 18.4 Å². The highest BCUT2D eigenvalue weighted by Gasteiger charge is 2.20. The van der Waals surface area contributed by atoms with E-state index >= 15 is 0 Å². The van der Waals surface area contributed by atoms with Gasteiger partial charge in [-0.15, -0.1) is 0 Å². The first-order valence-electron chi connectivity index (χ1n) is 8.91. The van der Waals surface area contributed by atoms with Gasteiger partial charge in [0.15, 0.2) is 5.78 Å². The van der Waals surface area contributed by atoms with Crippen LogP contribution in [0.2, 0.25) is 0 Å². The highest BCUT2D eigenvalue weighted by atomic mass is 16.5. The van der Waals surface area contributed by atoms with Crippen LogP contribution in [0.1, 0.15) is 48.1 Å². The van der Waals surface area contributed by atoms with Crippen molar-refractivity contribution in [1.82, 2.24) is 5.32 Å². The summed E-state index contributed by atoms with van der Waals surface area (Å²) in [6, 6.07) is 14.7. The Bertz CT molecular complexity index is 773. The summed E-state index contributed by atoms with van der Waals surface area (Å²) in [4.78, 5) is 36.0. The Morgan fingerprint density at radius 3 is 2.26 bits per heavy atom. The molecule has 2 amide bonds. The Kier molecular flexibility index (Phi) is 7.55. The molecule has 0 saturated carbocycles. The Morgan fingerprint density at radius 1 is 1.00 bits per heavy atom. The zero-order chi connectivity index (χ0) is 19.6. The van der Waals surface area contributed by atoms with E-state index in [2.05, 4.69) is 5.32 Å². The van der Waals surface area contributed by atoms with Crippen LogP contribution in [-0.4, -0.2) is 24.2 Å². The summed E-state index contributed by atoms with van der Waals surface area (Å²) < 4.78 is 5.48. The molecule has 0 aliphatic carbocycles. The van der Waals surface area contributed by atoms with Crippen molar-refractivity contribution in [3.05, 3.63) is 65.7 Å². The normalized spacial score (nSPS) is 11.4. The second kappa shape index (κ2) is 10.1. The van der Waals surface area contributed by atoms with Crippen LogP contribution in [-0.2, 0) is 9.59 Å². The molecule has 0 spiro atoms. The molecule has 0 heterocycles. The van der Waals surface area contributed by atoms with Crippen LogP contribution in [0.4, 0.5) is 0 Å². The Labute approximate surface area is 158 Å². The van der Waals surface area contributed by atoms with E-state index in [0.29, 0.717) is 23.5 Å². The average molecular weight is 368 g/mol. The van der Waals surface area contributed by atoms with Gasteiger partial charge in [-0.25, -0.2) is 0 Å². The van der Waals surface area contributed by atoms with Gasteiger partial charge in [0.25, 0.3) is 0 Å². The molecule has 3 N–H and O–H groups in total. The number of ketones is 1. The number of primary amides is 1. The minimum absolute atomic E-state index is 0.0243. The molecule has 2 rings (SSSR count). The lowest BCUT2D eigenvalue weighted by Gasteiger charge is -2.15. The quantitative estimate of drug-likeness (QED) is 0.630. The molecular formula is C21H24N2O4. The Balaban J connectivity index is 1.88. The molecule has 0 bridgehead atoms. The van der Waals surface area contributed by atoms with E-state index in [1.807, 2.05) is 6.92 Å². The van der Waals surface area contributed by atoms with E-state index < -0.39 is 17.9 Å². The summed E-state index contributed by atoms with van der Waals surface area (Å²) in [6.07, 6.45) is 0.926. The molecule has 0 aliphatic rings. The van der Waals surface area contributed by atoms with Crippen molar-refractivity contribution >= 4 is 17.6 Å². The highest BCUT2D eigenvalue weighted by molar-refractivity contribution is 5.98. The number of amides is 2. The lowest BCUT2D eigenvalue weighted by molar-refractivity contribution is -0.127. The van der Waals surface area contributed by atoms with E-state index in [1.165, 1.54) is 0 Å². The Hall–Kier alpha value is -3.15. The zero-order valence-corrected chi connectivity index (χ0v) is 15.3. The minimum atomic E-state index is -0.913. The third-order valence-electron chi connectivity index (χ3n) is 3.95. The molecule has 0 aromatic heterocycles. The monoisotopic (exact) mass is 368 g/mol. The van der Waals surface area contributed by atoms with Gasteiger partial charge < -0.3 is 15.8 Å². The minimum Gasteiger partial charge on any atom is -0.494 e. The van der Waals surface area contributed by atoms with Crippen molar-refractivity contribution < 1.29 is 19.1 Å². The molecule has 6 nitrogen and oxygen atoms in total. The van der Waals surface area contributed by atoms with Gasteiger partial charge >= 0.3 is 0 Å². The molecule has 27 heavy (non-hydrogen) atoms. The fourth-order valence-electron chi connectivity index (χ4n) is 2.53. The fourth-order valence-corrected chi connectivity index (χ4v) is 2.53. The number of nitrogens with two attached hydrogens (primary N) is 1. The second-order valence-corrected chi connectivity index (χ2v) is 6.11. The average Bonchev–Trinajstić information content (AvgIpc) is 2.69. The van der Waals surface area contributed by atoms with Crippen molar-refractivity contribution in [2.45, 2.75) is 32.2 Å². The van der Waals surface area contributed by atoms with Gasteiger partial charge in [-0.3, -0.25) is 14.4 Å². The number of carbonyl (C=O) groups excluding carboxylic acids is 3. The van der Waals surface area contributed by atoms with Crippen LogP contribution >= 0.6 is 0 Å². The number of ether oxygens (including phenoxy) is 1. The van der Waals surface area contributed by atoms with Gasteiger partial charge in [0.1, 0.15) is 11.8 Å². The van der Waals surface area contributed by atoms with Crippen LogP contribution in [0.3, 0.4) is 0 Å². The summed E-state index contributed by atoms with van der Waals surface area (Å²) in [5.41, 5.74) is 6.50. The summed E-state index contributed by atoms with van der Waals surface area (Å²) in [7, 11) is 0. The van der Waals surface area contributed by atoms with Gasteiger partial charge in [-0.05, 0) is 36.2 Å². The van der Waals surface area contributed by atoms with Crippen molar-refractivity contribution in [1.29, 1.82) is 0 Å². The van der Waals surface area contributed by atoms with E-state index in [4.69, 9.17) is 10.5 Å². The fraction of sp³-hybridized carbons (Fsp3) is 0.286. The lowest BCUT2D eigenvalue weighted by atomic mass is 10.0. The van der Waals surface area contributed by atoms with Gasteiger partial charge in [-0.1, -0.05) is 37.3 Å². The van der Waals surface area contributed by atoms with Gasteiger partial charge in [0.2, 0.25) is 11.8 Å². The number of benzene rings is 2. The van der Waals surface area contributed by atoms with Crippen LogP contribution < -0.4 is 15.8 Å². The summed E-state index contributed by atoms with van der Waals surface area (Å²) >= 11 is 0. The smallest absolute Gasteiger partial charge is 0.244 e. The van der Waals surface area contributed by atoms with Crippen molar-refractivity contribution in [2.75, 3.05) is 6.61 Å². The maximum atomic E-state index is 12.3. The van der Waals surface area contributed by atoms with Crippen molar-refractivity contribution in [3.8, 4) is 5.75 Å². The molecule has 0 fully saturated rings. The molecule has 2 aromatic rings. The zero-order valence-electron chi connectivity index (χ0n) is 15.3. The first-order valence-corrected chi connectivity index (χ1v) is 8.91. The molecule has 1 atom stereocenters. The van der Waals surface area contributed by atoms with Crippen LogP contribution in [0.15, 0.2) is 54.6 Å². The van der Waals surface area contributed by atoms with Crippen LogP contribution in [0.5, 0.6) is 5.75 Å². The molecule has 0 saturated heterocycles. The van der Waals surface area contributed by atoms with E-state index in [0.717, 1.165) is 6.42 Å². The SMILES string of the molecule is CCCOc1ccc(C(=O)CCC(=O)NC(C(N)=O)c2ccccc2)cc1. The van der Waals surface area contributed by atoms with Crippen LogP contribution in [0, 0.1) is 0 Å².